The highest BCUT2D eigenvalue weighted by Crippen LogP contribution is 2.37. The molecule has 6 rings (SSSR count). The van der Waals surface area contributed by atoms with Crippen LogP contribution < -0.4 is 4.90 Å². The Hall–Kier alpha value is -2.42. The predicted molar refractivity (Wildman–Crippen MR) is 162 cm³/mol. The van der Waals surface area contributed by atoms with Crippen molar-refractivity contribution in [3.63, 3.8) is 0 Å². The van der Waals surface area contributed by atoms with E-state index in [4.69, 9.17) is 49.5 Å². The molecule has 2 saturated heterocycles. The summed E-state index contributed by atoms with van der Waals surface area (Å²) in [6.45, 7) is 9.62. The lowest BCUT2D eigenvalue weighted by Crippen LogP contribution is -2.57. The van der Waals surface area contributed by atoms with Crippen LogP contribution in [0.4, 0.5) is 5.82 Å². The van der Waals surface area contributed by atoms with E-state index in [2.05, 4.69) is 57.5 Å². The molecule has 0 radical (unpaired) electrons. The van der Waals surface area contributed by atoms with Crippen LogP contribution >= 0.6 is 34.8 Å². The van der Waals surface area contributed by atoms with Crippen LogP contribution in [-0.2, 0) is 11.3 Å². The number of anilines is 1. The zero-order valence-electron chi connectivity index (χ0n) is 22.9. The first-order valence-corrected chi connectivity index (χ1v) is 15.0. The number of nitrogens with zero attached hydrogens (tertiary/aromatic N) is 6. The number of fused-ring (bicyclic) bond motifs is 1. The Kier molecular flexibility index (Phi) is 7.94. The Morgan fingerprint density at radius 2 is 1.52 bits per heavy atom. The summed E-state index contributed by atoms with van der Waals surface area (Å²) in [6, 6.07) is 16.7. The van der Waals surface area contributed by atoms with Crippen molar-refractivity contribution in [2.24, 2.45) is 0 Å². The molecule has 4 aromatic rings. The number of benzene rings is 2. The fourth-order valence-electron chi connectivity index (χ4n) is 6.15. The van der Waals surface area contributed by atoms with Crippen molar-refractivity contribution in [3.05, 3.63) is 80.8 Å². The number of hydrogen-bond acceptors (Lipinski definition) is 6. The van der Waals surface area contributed by atoms with Gasteiger partial charge in [-0.1, -0.05) is 47.5 Å². The Morgan fingerprint density at radius 1 is 0.875 bits per heavy atom. The first-order valence-electron chi connectivity index (χ1n) is 13.8. The molecule has 0 amide bonds. The van der Waals surface area contributed by atoms with E-state index in [1.807, 2.05) is 31.2 Å². The SMILES string of the molecule is Cc1nc2c(N3C[C@@H](C)N(C(c4ccc(Cl)cc4)c4ccc(Cl)cc4)C[C@@H]3C)nc(Cl)nc2n1CC1CCCO1. The lowest BCUT2D eigenvalue weighted by molar-refractivity contribution is 0.0973. The molecular weight excluding hydrogens is 567 g/mol. The molecule has 1 unspecified atom stereocenters. The molecule has 7 nitrogen and oxygen atoms in total. The normalized spacial score (nSPS) is 22.1. The van der Waals surface area contributed by atoms with Gasteiger partial charge in [0.15, 0.2) is 17.0 Å². The minimum atomic E-state index is 0.0519. The molecule has 0 saturated carbocycles. The monoisotopic (exact) mass is 598 g/mol. The maximum absolute atomic E-state index is 6.54. The van der Waals surface area contributed by atoms with Crippen molar-refractivity contribution >= 4 is 51.8 Å². The predicted octanol–water partition coefficient (Wildman–Crippen LogP) is 6.96. The van der Waals surface area contributed by atoms with Gasteiger partial charge in [0.2, 0.25) is 5.28 Å². The topological polar surface area (TPSA) is 59.3 Å². The Balaban J connectivity index is 1.34. The van der Waals surface area contributed by atoms with Crippen molar-refractivity contribution in [2.75, 3.05) is 24.6 Å². The first kappa shape index (κ1) is 27.7. The van der Waals surface area contributed by atoms with Crippen LogP contribution in [0.2, 0.25) is 15.3 Å². The van der Waals surface area contributed by atoms with Gasteiger partial charge < -0.3 is 14.2 Å². The molecule has 40 heavy (non-hydrogen) atoms. The second kappa shape index (κ2) is 11.5. The van der Waals surface area contributed by atoms with Gasteiger partial charge in [0.1, 0.15) is 5.82 Å². The molecule has 2 aliphatic heterocycles. The zero-order valence-corrected chi connectivity index (χ0v) is 25.2. The van der Waals surface area contributed by atoms with Gasteiger partial charge in [0, 0.05) is 41.8 Å². The standard InChI is InChI=1S/C30H33Cl3N6O/c1-18-16-38(28-26-29(36-30(33)35-28)39(20(3)34-26)17-25-5-4-14-40-25)19(2)15-37(18)27(21-6-10-23(31)11-7-21)22-8-12-24(32)13-9-22/h6-13,18-19,25,27H,4-5,14-17H2,1-3H3/t18-,19+,25?/m1/s1. The minimum Gasteiger partial charge on any atom is -0.376 e. The number of piperazine rings is 1. The number of imidazole rings is 1. The Morgan fingerprint density at radius 3 is 2.12 bits per heavy atom. The third-order valence-electron chi connectivity index (χ3n) is 8.16. The molecular formula is C30H33Cl3N6O. The molecule has 3 atom stereocenters. The molecule has 4 heterocycles. The maximum atomic E-state index is 6.54. The Labute approximate surface area is 250 Å². The number of aromatic nitrogens is 4. The van der Waals surface area contributed by atoms with Crippen molar-refractivity contribution in [2.45, 2.75) is 64.4 Å². The van der Waals surface area contributed by atoms with Gasteiger partial charge in [-0.3, -0.25) is 4.90 Å². The number of hydrogen-bond donors (Lipinski definition) is 0. The lowest BCUT2D eigenvalue weighted by Gasteiger charge is -2.48. The van der Waals surface area contributed by atoms with Crippen LogP contribution in [0.5, 0.6) is 0 Å². The molecule has 210 valence electrons. The van der Waals surface area contributed by atoms with Crippen molar-refractivity contribution in [1.82, 2.24) is 24.4 Å². The fraction of sp³-hybridized carbons (Fsp3) is 0.433. The highest BCUT2D eigenvalue weighted by Gasteiger charge is 2.37. The van der Waals surface area contributed by atoms with E-state index in [-0.39, 0.29) is 29.5 Å². The van der Waals surface area contributed by atoms with Crippen LogP contribution in [0.3, 0.4) is 0 Å². The average Bonchev–Trinajstić information content (AvgIpc) is 3.56. The summed E-state index contributed by atoms with van der Waals surface area (Å²) in [4.78, 5) is 19.2. The third-order valence-corrected chi connectivity index (χ3v) is 8.83. The highest BCUT2D eigenvalue weighted by atomic mass is 35.5. The summed E-state index contributed by atoms with van der Waals surface area (Å²) in [7, 11) is 0. The second-order valence-corrected chi connectivity index (χ2v) is 12.2. The van der Waals surface area contributed by atoms with Crippen LogP contribution in [-0.4, -0.2) is 62.3 Å². The van der Waals surface area contributed by atoms with E-state index in [1.54, 1.807) is 0 Å². The van der Waals surface area contributed by atoms with E-state index in [0.29, 0.717) is 0 Å². The number of rotatable bonds is 6. The van der Waals surface area contributed by atoms with Gasteiger partial charge in [-0.25, -0.2) is 4.98 Å². The molecule has 2 aliphatic rings. The molecule has 2 aromatic carbocycles. The lowest BCUT2D eigenvalue weighted by atomic mass is 9.93. The summed E-state index contributed by atoms with van der Waals surface area (Å²) in [5, 5.41) is 1.69. The van der Waals surface area contributed by atoms with E-state index in [9.17, 15) is 0 Å². The van der Waals surface area contributed by atoms with Crippen LogP contribution in [0.15, 0.2) is 48.5 Å². The zero-order chi connectivity index (χ0) is 28.0. The highest BCUT2D eigenvalue weighted by molar-refractivity contribution is 6.30. The van der Waals surface area contributed by atoms with Gasteiger partial charge in [-0.2, -0.15) is 9.97 Å². The smallest absolute Gasteiger partial charge is 0.226 e. The molecule has 0 aliphatic carbocycles. The largest absolute Gasteiger partial charge is 0.376 e. The van der Waals surface area contributed by atoms with Crippen LogP contribution in [0.25, 0.3) is 11.2 Å². The minimum absolute atomic E-state index is 0.0519. The van der Waals surface area contributed by atoms with E-state index in [0.717, 1.165) is 71.9 Å². The third kappa shape index (κ3) is 5.42. The van der Waals surface area contributed by atoms with E-state index >= 15 is 0 Å². The summed E-state index contributed by atoms with van der Waals surface area (Å²) in [5.74, 6) is 1.69. The Bertz CT molecular complexity index is 1440. The van der Waals surface area contributed by atoms with Crippen molar-refractivity contribution < 1.29 is 4.74 Å². The summed E-state index contributed by atoms with van der Waals surface area (Å²) >= 11 is 19.0. The van der Waals surface area contributed by atoms with Gasteiger partial charge in [0.05, 0.1) is 18.7 Å². The maximum Gasteiger partial charge on any atom is 0.226 e. The van der Waals surface area contributed by atoms with Gasteiger partial charge in [-0.15, -0.1) is 0 Å². The van der Waals surface area contributed by atoms with Crippen LogP contribution in [0, 0.1) is 6.92 Å². The van der Waals surface area contributed by atoms with E-state index in [1.165, 1.54) is 11.1 Å². The quantitative estimate of drug-likeness (QED) is 0.223. The van der Waals surface area contributed by atoms with Gasteiger partial charge in [0.25, 0.3) is 0 Å². The second-order valence-electron chi connectivity index (χ2n) is 10.9. The van der Waals surface area contributed by atoms with Crippen LogP contribution in [0.1, 0.15) is 49.7 Å². The molecule has 10 heteroatoms. The van der Waals surface area contributed by atoms with E-state index < -0.39 is 0 Å². The molecule has 2 fully saturated rings. The molecule has 0 N–H and O–H groups in total. The molecule has 0 bridgehead atoms. The average molecular weight is 600 g/mol. The summed E-state index contributed by atoms with van der Waals surface area (Å²) in [5.41, 5.74) is 3.94. The summed E-state index contributed by atoms with van der Waals surface area (Å²) < 4.78 is 8.03. The summed E-state index contributed by atoms with van der Waals surface area (Å²) in [6.07, 6.45) is 2.31. The van der Waals surface area contributed by atoms with Crippen molar-refractivity contribution in [1.29, 1.82) is 0 Å². The fourth-order valence-corrected chi connectivity index (χ4v) is 6.57. The van der Waals surface area contributed by atoms with Gasteiger partial charge >= 0.3 is 0 Å². The number of ether oxygens (including phenoxy) is 1. The van der Waals surface area contributed by atoms with Gasteiger partial charge in [-0.05, 0) is 80.6 Å². The number of aryl methyl sites for hydroxylation is 1. The molecule has 2 aromatic heterocycles. The van der Waals surface area contributed by atoms with Crippen molar-refractivity contribution in [3.8, 4) is 0 Å². The molecule has 0 spiro atoms. The number of halogens is 3. The first-order chi connectivity index (χ1) is 19.3.